The fourth-order valence-corrected chi connectivity index (χ4v) is 2.30. The minimum absolute atomic E-state index is 0.0474. The fourth-order valence-electron chi connectivity index (χ4n) is 2.30. The topological polar surface area (TPSA) is 55.1 Å². The molecule has 1 amide bonds. The summed E-state index contributed by atoms with van der Waals surface area (Å²) in [6.45, 7) is 0.746. The van der Waals surface area contributed by atoms with E-state index in [0.29, 0.717) is 18.8 Å². The van der Waals surface area contributed by atoms with Crippen LogP contribution < -0.4 is 11.1 Å². The van der Waals surface area contributed by atoms with Gasteiger partial charge >= 0.3 is 12.3 Å². The fraction of sp³-hybridized carbons (Fsp3) is 0.917. The van der Waals surface area contributed by atoms with Gasteiger partial charge in [-0.15, -0.1) is 0 Å². The zero-order valence-electron chi connectivity index (χ0n) is 10.9. The zero-order chi connectivity index (χ0) is 14.7. The summed E-state index contributed by atoms with van der Waals surface area (Å²) in [5.74, 6) is -4.37. The van der Waals surface area contributed by atoms with E-state index in [-0.39, 0.29) is 6.54 Å². The van der Waals surface area contributed by atoms with Gasteiger partial charge in [0.25, 0.3) is 0 Å². The minimum Gasteiger partial charge on any atom is -0.349 e. The van der Waals surface area contributed by atoms with Crippen LogP contribution in [0.5, 0.6) is 0 Å². The van der Waals surface area contributed by atoms with Crippen molar-refractivity contribution in [1.82, 2.24) is 5.32 Å². The minimum atomic E-state index is -4.20. The van der Waals surface area contributed by atoms with Crippen molar-refractivity contribution in [3.8, 4) is 0 Å². The van der Waals surface area contributed by atoms with Crippen LogP contribution in [-0.4, -0.2) is 31.3 Å². The highest BCUT2D eigenvalue weighted by molar-refractivity contribution is 5.83. The van der Waals surface area contributed by atoms with Crippen molar-refractivity contribution >= 4 is 5.91 Å². The van der Waals surface area contributed by atoms with Crippen LogP contribution in [0.4, 0.5) is 17.6 Å². The third-order valence-corrected chi connectivity index (χ3v) is 3.91. The SMILES string of the molecule is CC1CCC(CN)(C(=O)NCC(F)(F)C(F)F)CC1. The normalized spacial score (nSPS) is 28.5. The highest BCUT2D eigenvalue weighted by Gasteiger charge is 2.44. The molecule has 0 radical (unpaired) electrons. The Kier molecular flexibility index (Phi) is 5.18. The van der Waals surface area contributed by atoms with E-state index in [9.17, 15) is 22.4 Å². The molecule has 1 rings (SSSR count). The van der Waals surface area contributed by atoms with Crippen LogP contribution in [0.1, 0.15) is 32.6 Å². The molecule has 19 heavy (non-hydrogen) atoms. The van der Waals surface area contributed by atoms with Crippen molar-refractivity contribution in [3.05, 3.63) is 0 Å². The first-order valence-electron chi connectivity index (χ1n) is 6.38. The molecule has 0 aromatic heterocycles. The van der Waals surface area contributed by atoms with Crippen LogP contribution >= 0.6 is 0 Å². The van der Waals surface area contributed by atoms with Crippen molar-refractivity contribution in [1.29, 1.82) is 0 Å². The van der Waals surface area contributed by atoms with E-state index in [1.54, 1.807) is 0 Å². The first kappa shape index (κ1) is 16.2. The third-order valence-electron chi connectivity index (χ3n) is 3.91. The Labute approximate surface area is 109 Å². The molecule has 0 saturated heterocycles. The number of alkyl halides is 4. The summed E-state index contributed by atoms with van der Waals surface area (Å²) in [6, 6.07) is 0. The summed E-state index contributed by atoms with van der Waals surface area (Å²) in [4.78, 5) is 12.0. The smallest absolute Gasteiger partial charge is 0.324 e. The molecule has 0 aromatic carbocycles. The number of hydrogen-bond donors (Lipinski definition) is 2. The quantitative estimate of drug-likeness (QED) is 0.760. The molecule has 1 saturated carbocycles. The molecule has 1 fully saturated rings. The summed E-state index contributed by atoms with van der Waals surface area (Å²) in [7, 11) is 0. The second kappa shape index (κ2) is 6.07. The lowest BCUT2D eigenvalue weighted by Gasteiger charge is -2.37. The Hall–Kier alpha value is -0.850. The number of hydrogen-bond acceptors (Lipinski definition) is 2. The van der Waals surface area contributed by atoms with Crippen LogP contribution in [0, 0.1) is 11.3 Å². The third kappa shape index (κ3) is 3.81. The maximum atomic E-state index is 12.8. The number of nitrogens with two attached hydrogens (primary N) is 1. The number of amides is 1. The van der Waals surface area contributed by atoms with E-state index in [1.807, 2.05) is 12.2 Å². The molecule has 1 aliphatic rings. The summed E-state index contributed by atoms with van der Waals surface area (Å²) in [6.07, 6.45) is -1.19. The van der Waals surface area contributed by atoms with Crippen LogP contribution in [0.25, 0.3) is 0 Å². The average molecular weight is 284 g/mol. The Morgan fingerprint density at radius 2 is 1.95 bits per heavy atom. The lowest BCUT2D eigenvalue weighted by molar-refractivity contribution is -0.144. The van der Waals surface area contributed by atoms with Crippen LogP contribution in [0.2, 0.25) is 0 Å². The molecule has 1 aliphatic carbocycles. The van der Waals surface area contributed by atoms with E-state index in [0.717, 1.165) is 12.8 Å². The molecule has 0 spiro atoms. The molecule has 0 unspecified atom stereocenters. The van der Waals surface area contributed by atoms with Gasteiger partial charge in [-0.2, -0.15) is 8.78 Å². The second-order valence-electron chi connectivity index (χ2n) is 5.41. The molecular formula is C12H20F4N2O. The standard InChI is InChI=1S/C12H20F4N2O/c1-8-2-4-11(6-17,5-3-8)10(19)18-7-12(15,16)9(13)14/h8-9H,2-7,17H2,1H3,(H,18,19). The molecule has 0 aromatic rings. The van der Waals surface area contributed by atoms with Gasteiger partial charge in [-0.25, -0.2) is 8.78 Å². The molecule has 0 aliphatic heterocycles. The molecule has 0 atom stereocenters. The van der Waals surface area contributed by atoms with Gasteiger partial charge in [0.15, 0.2) is 0 Å². The summed E-state index contributed by atoms with van der Waals surface area (Å²) in [5.41, 5.74) is 4.70. The van der Waals surface area contributed by atoms with Crippen LogP contribution in [0.3, 0.4) is 0 Å². The van der Waals surface area contributed by atoms with Gasteiger partial charge in [-0.3, -0.25) is 4.79 Å². The monoisotopic (exact) mass is 284 g/mol. The number of nitrogens with one attached hydrogen (secondary N) is 1. The van der Waals surface area contributed by atoms with Gasteiger partial charge < -0.3 is 11.1 Å². The van der Waals surface area contributed by atoms with E-state index in [2.05, 4.69) is 0 Å². The highest BCUT2D eigenvalue weighted by Crippen LogP contribution is 2.38. The van der Waals surface area contributed by atoms with Gasteiger partial charge in [0.2, 0.25) is 5.91 Å². The predicted molar refractivity (Wildman–Crippen MR) is 63.1 cm³/mol. The number of rotatable bonds is 5. The lowest BCUT2D eigenvalue weighted by atomic mass is 9.70. The molecular weight excluding hydrogens is 264 g/mol. The van der Waals surface area contributed by atoms with E-state index < -0.39 is 30.2 Å². The van der Waals surface area contributed by atoms with Crippen molar-refractivity contribution < 1.29 is 22.4 Å². The molecule has 3 nitrogen and oxygen atoms in total. The highest BCUT2D eigenvalue weighted by atomic mass is 19.3. The predicted octanol–water partition coefficient (Wildman–Crippen LogP) is 2.16. The first-order chi connectivity index (χ1) is 8.73. The van der Waals surface area contributed by atoms with Gasteiger partial charge in [0, 0.05) is 6.54 Å². The molecule has 7 heteroatoms. The summed E-state index contributed by atoms with van der Waals surface area (Å²) >= 11 is 0. The largest absolute Gasteiger partial charge is 0.349 e. The van der Waals surface area contributed by atoms with E-state index in [1.165, 1.54) is 0 Å². The van der Waals surface area contributed by atoms with Gasteiger partial charge in [0.1, 0.15) is 0 Å². The van der Waals surface area contributed by atoms with Crippen molar-refractivity contribution in [2.45, 2.75) is 45.0 Å². The maximum absolute atomic E-state index is 12.8. The molecule has 3 N–H and O–H groups in total. The van der Waals surface area contributed by atoms with Gasteiger partial charge in [0.05, 0.1) is 12.0 Å². The Morgan fingerprint density at radius 3 is 2.37 bits per heavy atom. The van der Waals surface area contributed by atoms with Crippen LogP contribution in [-0.2, 0) is 4.79 Å². The van der Waals surface area contributed by atoms with Gasteiger partial charge in [-0.05, 0) is 31.6 Å². The van der Waals surface area contributed by atoms with E-state index in [4.69, 9.17) is 5.73 Å². The van der Waals surface area contributed by atoms with Crippen LogP contribution in [0.15, 0.2) is 0 Å². The Morgan fingerprint density at radius 1 is 1.42 bits per heavy atom. The maximum Gasteiger partial charge on any atom is 0.324 e. The van der Waals surface area contributed by atoms with Crippen molar-refractivity contribution in [2.24, 2.45) is 17.1 Å². The first-order valence-corrected chi connectivity index (χ1v) is 6.38. The number of halogens is 4. The van der Waals surface area contributed by atoms with E-state index >= 15 is 0 Å². The van der Waals surface area contributed by atoms with Crippen molar-refractivity contribution in [2.75, 3.05) is 13.1 Å². The number of carbonyl (C=O) groups excluding carboxylic acids is 1. The Balaban J connectivity index is 2.60. The van der Waals surface area contributed by atoms with Gasteiger partial charge in [-0.1, -0.05) is 6.92 Å². The average Bonchev–Trinajstić information content (AvgIpc) is 2.37. The molecule has 112 valence electrons. The number of carbonyl (C=O) groups is 1. The summed E-state index contributed by atoms with van der Waals surface area (Å²) in [5, 5.41) is 1.93. The zero-order valence-corrected chi connectivity index (χ0v) is 10.9. The molecule has 0 bridgehead atoms. The Bertz CT molecular complexity index is 315. The molecule has 0 heterocycles. The lowest BCUT2D eigenvalue weighted by Crippen LogP contribution is -2.51. The second-order valence-corrected chi connectivity index (χ2v) is 5.41. The van der Waals surface area contributed by atoms with Crippen molar-refractivity contribution in [3.63, 3.8) is 0 Å². The summed E-state index contributed by atoms with van der Waals surface area (Å²) < 4.78 is 49.6.